The molecule has 1 amide bonds. The maximum absolute atomic E-state index is 12.4. The van der Waals surface area contributed by atoms with Gasteiger partial charge in [-0.05, 0) is 57.6 Å². The molecule has 1 aliphatic heterocycles. The van der Waals surface area contributed by atoms with Gasteiger partial charge in [-0.15, -0.1) is 0 Å². The van der Waals surface area contributed by atoms with Crippen LogP contribution in [-0.4, -0.2) is 39.8 Å². The van der Waals surface area contributed by atoms with Crippen molar-refractivity contribution in [3.05, 3.63) is 47.1 Å². The van der Waals surface area contributed by atoms with Crippen molar-refractivity contribution in [1.82, 2.24) is 15.0 Å². The van der Waals surface area contributed by atoms with E-state index in [4.69, 9.17) is 14.2 Å². The summed E-state index contributed by atoms with van der Waals surface area (Å²) in [5.41, 5.74) is 2.35. The number of hydrogen-bond donors (Lipinski definition) is 0. The number of likely N-dealkylation sites (tertiary alicyclic amines) is 1. The van der Waals surface area contributed by atoms with Gasteiger partial charge in [0.05, 0.1) is 0 Å². The first-order valence-corrected chi connectivity index (χ1v) is 10.2. The van der Waals surface area contributed by atoms with E-state index in [1.165, 1.54) is 11.1 Å². The maximum atomic E-state index is 12.4. The molecule has 148 valence electrons. The molecule has 0 bridgehead atoms. The lowest BCUT2D eigenvalue weighted by Gasteiger charge is -2.24. The molecule has 6 heteroatoms. The van der Waals surface area contributed by atoms with Crippen molar-refractivity contribution in [2.24, 2.45) is 5.41 Å². The zero-order chi connectivity index (χ0) is 19.5. The molecule has 1 spiro atoms. The minimum Gasteiger partial charge on any atom is -0.444 e. The Balaban J connectivity index is 1.27. The van der Waals surface area contributed by atoms with Gasteiger partial charge >= 0.3 is 6.09 Å². The molecule has 2 heterocycles. The summed E-state index contributed by atoms with van der Waals surface area (Å²) >= 11 is 0. The fourth-order valence-corrected chi connectivity index (χ4v) is 4.88. The smallest absolute Gasteiger partial charge is 0.410 e. The number of fused-ring (bicyclic) bond motifs is 1. The summed E-state index contributed by atoms with van der Waals surface area (Å²) in [5, 5.41) is 4.32. The third-order valence-corrected chi connectivity index (χ3v) is 6.43. The molecule has 2 fully saturated rings. The fraction of sp³-hybridized carbons (Fsp3) is 0.591. The molecule has 3 aliphatic rings. The van der Waals surface area contributed by atoms with Gasteiger partial charge in [0.15, 0.2) is 5.82 Å². The van der Waals surface area contributed by atoms with Crippen molar-refractivity contribution in [1.29, 1.82) is 0 Å². The highest BCUT2D eigenvalue weighted by Crippen LogP contribution is 2.63. The van der Waals surface area contributed by atoms with E-state index in [-0.39, 0.29) is 23.3 Å². The molecule has 2 aromatic rings. The number of carbonyl (C=O) groups excluding carboxylic acids is 1. The Bertz CT molecular complexity index is 916. The Morgan fingerprint density at radius 1 is 1.32 bits per heavy atom. The van der Waals surface area contributed by atoms with Gasteiger partial charge in [0.2, 0.25) is 5.89 Å². The molecule has 28 heavy (non-hydrogen) atoms. The van der Waals surface area contributed by atoms with Gasteiger partial charge in [-0.25, -0.2) is 4.79 Å². The highest BCUT2D eigenvalue weighted by Gasteiger charge is 2.61. The van der Waals surface area contributed by atoms with E-state index in [2.05, 4.69) is 29.4 Å². The molecule has 5 rings (SSSR count). The first-order chi connectivity index (χ1) is 13.3. The van der Waals surface area contributed by atoms with Crippen LogP contribution < -0.4 is 0 Å². The topological polar surface area (TPSA) is 68.5 Å². The summed E-state index contributed by atoms with van der Waals surface area (Å²) in [4.78, 5) is 19.0. The second kappa shape index (κ2) is 6.06. The van der Waals surface area contributed by atoms with E-state index in [0.717, 1.165) is 50.5 Å². The van der Waals surface area contributed by atoms with Crippen LogP contribution in [0, 0.1) is 5.41 Å². The molecule has 2 aliphatic carbocycles. The number of benzene rings is 1. The second-order valence-electron chi connectivity index (χ2n) is 9.55. The Morgan fingerprint density at radius 2 is 2.14 bits per heavy atom. The van der Waals surface area contributed by atoms with Gasteiger partial charge in [-0.3, -0.25) is 0 Å². The van der Waals surface area contributed by atoms with Crippen LogP contribution in [-0.2, 0) is 11.2 Å². The number of rotatable bonds is 2. The minimum absolute atomic E-state index is 0.0916. The molecular formula is C22H27N3O3. The van der Waals surface area contributed by atoms with E-state index in [0.29, 0.717) is 0 Å². The maximum Gasteiger partial charge on any atom is 0.410 e. The minimum atomic E-state index is -0.464. The summed E-state index contributed by atoms with van der Waals surface area (Å²) < 4.78 is 11.2. The zero-order valence-electron chi connectivity index (χ0n) is 16.8. The molecule has 1 aromatic carbocycles. The van der Waals surface area contributed by atoms with Crippen molar-refractivity contribution >= 4 is 6.09 Å². The van der Waals surface area contributed by atoms with Crippen molar-refractivity contribution in [3.63, 3.8) is 0 Å². The Morgan fingerprint density at radius 3 is 2.96 bits per heavy atom. The van der Waals surface area contributed by atoms with E-state index in [1.54, 1.807) is 0 Å². The summed E-state index contributed by atoms with van der Waals surface area (Å²) in [6, 6.07) is 8.54. The van der Waals surface area contributed by atoms with Gasteiger partial charge in [-0.2, -0.15) is 4.98 Å². The molecule has 6 nitrogen and oxygen atoms in total. The van der Waals surface area contributed by atoms with Crippen LogP contribution in [0.3, 0.4) is 0 Å². The Labute approximate surface area is 165 Å². The third kappa shape index (κ3) is 2.99. The number of hydrogen-bond acceptors (Lipinski definition) is 5. The van der Waals surface area contributed by atoms with Gasteiger partial charge in [0.1, 0.15) is 5.60 Å². The predicted octanol–water partition coefficient (Wildman–Crippen LogP) is 4.26. The molecule has 3 unspecified atom stereocenters. The van der Waals surface area contributed by atoms with Gasteiger partial charge < -0.3 is 14.2 Å². The van der Waals surface area contributed by atoms with E-state index in [9.17, 15) is 4.79 Å². The zero-order valence-corrected chi connectivity index (χ0v) is 16.8. The lowest BCUT2D eigenvalue weighted by atomic mass is 10.0. The normalized spacial score (nSPS) is 28.6. The van der Waals surface area contributed by atoms with Crippen molar-refractivity contribution in [2.75, 3.05) is 13.1 Å². The fourth-order valence-electron chi connectivity index (χ4n) is 4.88. The van der Waals surface area contributed by atoms with Crippen molar-refractivity contribution < 1.29 is 14.1 Å². The van der Waals surface area contributed by atoms with Gasteiger partial charge in [-0.1, -0.05) is 29.4 Å². The molecule has 3 atom stereocenters. The molecule has 0 radical (unpaired) electrons. The van der Waals surface area contributed by atoms with Gasteiger partial charge in [0.25, 0.3) is 0 Å². The number of aromatic nitrogens is 2. The SMILES string of the molecule is CC(C)(C)OC(=O)N1CCC2(CC2c2nc(C3CCc4ccccc43)no2)C1. The average molecular weight is 381 g/mol. The molecule has 1 saturated heterocycles. The standard InChI is InChI=1S/C22H27N3O3/c1-21(2,3)27-20(26)25-11-10-22(13-25)12-17(22)19-23-18(24-28-19)16-9-8-14-6-4-5-7-15(14)16/h4-7,16-17H,8-13H2,1-3H3. The molecule has 1 aromatic heterocycles. The highest BCUT2D eigenvalue weighted by molar-refractivity contribution is 5.68. The molecular weight excluding hydrogens is 354 g/mol. The van der Waals surface area contributed by atoms with Crippen LogP contribution in [0.1, 0.15) is 74.7 Å². The lowest BCUT2D eigenvalue weighted by Crippen LogP contribution is -2.35. The summed E-state index contributed by atoms with van der Waals surface area (Å²) in [6.07, 6.45) is 3.88. The van der Waals surface area contributed by atoms with Crippen LogP contribution in [0.2, 0.25) is 0 Å². The largest absolute Gasteiger partial charge is 0.444 e. The van der Waals surface area contributed by atoms with Gasteiger partial charge in [0, 0.05) is 30.3 Å². The van der Waals surface area contributed by atoms with Crippen LogP contribution in [0.25, 0.3) is 0 Å². The van der Waals surface area contributed by atoms with Crippen LogP contribution in [0.15, 0.2) is 28.8 Å². The summed E-state index contributed by atoms with van der Waals surface area (Å²) in [7, 11) is 0. The third-order valence-electron chi connectivity index (χ3n) is 6.43. The number of aryl methyl sites for hydroxylation is 1. The van der Waals surface area contributed by atoms with Crippen molar-refractivity contribution in [3.8, 4) is 0 Å². The highest BCUT2D eigenvalue weighted by atomic mass is 16.6. The van der Waals surface area contributed by atoms with Crippen LogP contribution in [0.4, 0.5) is 4.79 Å². The molecule has 0 N–H and O–H groups in total. The van der Waals surface area contributed by atoms with Crippen LogP contribution in [0.5, 0.6) is 0 Å². The van der Waals surface area contributed by atoms with E-state index in [1.807, 2.05) is 25.7 Å². The summed E-state index contributed by atoms with van der Waals surface area (Å²) in [6.45, 7) is 7.16. The number of ether oxygens (including phenoxy) is 1. The van der Waals surface area contributed by atoms with Crippen molar-refractivity contribution in [2.45, 2.75) is 63.9 Å². The predicted molar refractivity (Wildman–Crippen MR) is 103 cm³/mol. The number of nitrogens with zero attached hydrogens (tertiary/aromatic N) is 3. The Hall–Kier alpha value is -2.37. The van der Waals surface area contributed by atoms with E-state index >= 15 is 0 Å². The first kappa shape index (κ1) is 17.7. The monoisotopic (exact) mass is 381 g/mol. The quantitative estimate of drug-likeness (QED) is 0.777. The Kier molecular flexibility index (Phi) is 3.83. The second-order valence-corrected chi connectivity index (χ2v) is 9.55. The summed E-state index contributed by atoms with van der Waals surface area (Å²) in [5.74, 6) is 2.05. The average Bonchev–Trinajstić information content (AvgIpc) is 3.06. The van der Waals surface area contributed by atoms with E-state index < -0.39 is 5.60 Å². The molecule has 1 saturated carbocycles. The van der Waals surface area contributed by atoms with Crippen LogP contribution >= 0.6 is 0 Å². The number of amides is 1. The number of carbonyl (C=O) groups is 1. The lowest BCUT2D eigenvalue weighted by molar-refractivity contribution is 0.0285. The first-order valence-electron chi connectivity index (χ1n) is 10.2.